The van der Waals surface area contributed by atoms with Crippen molar-refractivity contribution in [2.75, 3.05) is 10.5 Å². The highest BCUT2D eigenvalue weighted by atomic mass is 79.9. The van der Waals surface area contributed by atoms with Gasteiger partial charge < -0.3 is 5.73 Å². The second kappa shape index (κ2) is 5.41. The van der Waals surface area contributed by atoms with Gasteiger partial charge in [-0.25, -0.2) is 12.8 Å². The van der Waals surface area contributed by atoms with Gasteiger partial charge in [-0.05, 0) is 48.9 Å². The Morgan fingerprint density at radius 2 is 1.80 bits per heavy atom. The second-order valence-electron chi connectivity index (χ2n) is 4.25. The summed E-state index contributed by atoms with van der Waals surface area (Å²) in [6, 6.07) is 7.93. The van der Waals surface area contributed by atoms with Gasteiger partial charge in [-0.3, -0.25) is 4.72 Å². The van der Waals surface area contributed by atoms with Gasteiger partial charge in [0.05, 0.1) is 16.3 Å². The lowest BCUT2D eigenvalue weighted by molar-refractivity contribution is 0.599. The van der Waals surface area contributed by atoms with E-state index in [1.807, 2.05) is 0 Å². The fraction of sp³-hybridized carbons (Fsp3) is 0.0769. The first-order valence-electron chi connectivity index (χ1n) is 5.63. The lowest BCUT2D eigenvalue weighted by Crippen LogP contribution is -2.15. The van der Waals surface area contributed by atoms with Gasteiger partial charge in [0.25, 0.3) is 10.0 Å². The molecular formula is C13H12BrFN2O2S. The average Bonchev–Trinajstić information content (AvgIpc) is 2.34. The van der Waals surface area contributed by atoms with E-state index in [2.05, 4.69) is 20.7 Å². The lowest BCUT2D eigenvalue weighted by Gasteiger charge is -2.13. The fourth-order valence-corrected chi connectivity index (χ4v) is 3.47. The number of aryl methyl sites for hydroxylation is 1. The number of sulfonamides is 1. The summed E-state index contributed by atoms with van der Waals surface area (Å²) in [4.78, 5) is -0.0272. The zero-order chi connectivity index (χ0) is 14.9. The number of hydrogen-bond donors (Lipinski definition) is 2. The number of benzene rings is 2. The van der Waals surface area contributed by atoms with Crippen molar-refractivity contribution in [3.8, 4) is 0 Å². The van der Waals surface area contributed by atoms with Gasteiger partial charge in [0.15, 0.2) is 0 Å². The number of hydrogen-bond acceptors (Lipinski definition) is 3. The summed E-state index contributed by atoms with van der Waals surface area (Å²) in [7, 11) is -3.80. The second-order valence-corrected chi connectivity index (χ2v) is 6.84. The molecule has 0 aromatic heterocycles. The molecule has 0 saturated heterocycles. The molecule has 20 heavy (non-hydrogen) atoms. The van der Waals surface area contributed by atoms with Crippen LogP contribution < -0.4 is 10.5 Å². The van der Waals surface area contributed by atoms with Crippen molar-refractivity contribution >= 4 is 37.3 Å². The molecule has 3 N–H and O–H groups in total. The van der Waals surface area contributed by atoms with Crippen molar-refractivity contribution in [1.82, 2.24) is 0 Å². The molecule has 0 aliphatic rings. The van der Waals surface area contributed by atoms with Crippen LogP contribution >= 0.6 is 15.9 Å². The minimum Gasteiger partial charge on any atom is -0.397 e. The molecule has 0 fully saturated rings. The van der Waals surface area contributed by atoms with Gasteiger partial charge in [-0.1, -0.05) is 15.9 Å². The van der Waals surface area contributed by atoms with E-state index in [0.29, 0.717) is 16.9 Å². The molecule has 0 aliphatic heterocycles. The highest BCUT2D eigenvalue weighted by Crippen LogP contribution is 2.29. The molecule has 0 radical (unpaired) electrons. The SMILES string of the molecule is Cc1cc(Br)cc(N)c1NS(=O)(=O)c1ccc(F)cc1. The third-order valence-corrected chi connectivity index (χ3v) is 4.51. The van der Waals surface area contributed by atoms with Crippen LogP contribution in [0.15, 0.2) is 45.8 Å². The van der Waals surface area contributed by atoms with Crippen LogP contribution in [0.25, 0.3) is 0 Å². The quantitative estimate of drug-likeness (QED) is 0.827. The minimum atomic E-state index is -3.80. The van der Waals surface area contributed by atoms with E-state index in [0.717, 1.165) is 16.6 Å². The maximum Gasteiger partial charge on any atom is 0.261 e. The Balaban J connectivity index is 2.41. The van der Waals surface area contributed by atoms with Crippen LogP contribution in [-0.4, -0.2) is 8.42 Å². The van der Waals surface area contributed by atoms with Crippen molar-refractivity contribution < 1.29 is 12.8 Å². The highest BCUT2D eigenvalue weighted by molar-refractivity contribution is 9.10. The molecule has 0 saturated carbocycles. The maximum absolute atomic E-state index is 12.8. The number of nitrogens with two attached hydrogens (primary N) is 1. The van der Waals surface area contributed by atoms with E-state index in [9.17, 15) is 12.8 Å². The minimum absolute atomic E-state index is 0.0272. The first-order chi connectivity index (χ1) is 9.29. The van der Waals surface area contributed by atoms with Crippen LogP contribution in [0.3, 0.4) is 0 Å². The molecule has 106 valence electrons. The third-order valence-electron chi connectivity index (χ3n) is 2.69. The average molecular weight is 359 g/mol. The van der Waals surface area contributed by atoms with E-state index in [-0.39, 0.29) is 4.90 Å². The molecule has 0 atom stereocenters. The molecule has 4 nitrogen and oxygen atoms in total. The van der Waals surface area contributed by atoms with E-state index in [1.165, 1.54) is 12.1 Å². The van der Waals surface area contributed by atoms with E-state index in [1.54, 1.807) is 19.1 Å². The summed E-state index contributed by atoms with van der Waals surface area (Å²) < 4.78 is 40.4. The molecule has 0 heterocycles. The smallest absolute Gasteiger partial charge is 0.261 e. The number of nitrogens with one attached hydrogen (secondary N) is 1. The van der Waals surface area contributed by atoms with Gasteiger partial charge in [0.2, 0.25) is 0 Å². The van der Waals surface area contributed by atoms with E-state index < -0.39 is 15.8 Å². The van der Waals surface area contributed by atoms with Crippen molar-refractivity contribution in [1.29, 1.82) is 0 Å². The van der Waals surface area contributed by atoms with Crippen LogP contribution in [0, 0.1) is 12.7 Å². The Labute approximate surface area is 125 Å². The van der Waals surface area contributed by atoms with Crippen molar-refractivity contribution in [2.45, 2.75) is 11.8 Å². The van der Waals surface area contributed by atoms with Gasteiger partial charge in [-0.15, -0.1) is 0 Å². The Bertz CT molecular complexity index is 722. The largest absolute Gasteiger partial charge is 0.397 e. The van der Waals surface area contributed by atoms with E-state index in [4.69, 9.17) is 5.73 Å². The fourth-order valence-electron chi connectivity index (χ4n) is 1.72. The predicted octanol–water partition coefficient (Wildman–Crippen LogP) is 3.28. The van der Waals surface area contributed by atoms with Crippen molar-refractivity contribution in [3.05, 3.63) is 52.3 Å². The Morgan fingerprint density at radius 1 is 1.20 bits per heavy atom. The summed E-state index contributed by atoms with van der Waals surface area (Å²) in [5, 5.41) is 0. The van der Waals surface area contributed by atoms with Crippen molar-refractivity contribution in [2.24, 2.45) is 0 Å². The predicted molar refractivity (Wildman–Crippen MR) is 80.5 cm³/mol. The molecule has 2 aromatic carbocycles. The summed E-state index contributed by atoms with van der Waals surface area (Å²) in [6.45, 7) is 1.74. The first kappa shape index (κ1) is 14.8. The summed E-state index contributed by atoms with van der Waals surface area (Å²) in [5.74, 6) is -0.497. The number of halogens is 2. The zero-order valence-corrected chi connectivity index (χ0v) is 12.9. The summed E-state index contributed by atoms with van der Waals surface area (Å²) in [6.07, 6.45) is 0. The summed E-state index contributed by atoms with van der Waals surface area (Å²) in [5.41, 5.74) is 7.12. The molecular weight excluding hydrogens is 347 g/mol. The summed E-state index contributed by atoms with van der Waals surface area (Å²) >= 11 is 3.28. The molecule has 2 rings (SSSR count). The highest BCUT2D eigenvalue weighted by Gasteiger charge is 2.17. The number of anilines is 2. The molecule has 0 amide bonds. The van der Waals surface area contributed by atoms with Crippen LogP contribution in [0.1, 0.15) is 5.56 Å². The number of rotatable bonds is 3. The molecule has 0 unspecified atom stereocenters. The normalized spacial score (nSPS) is 11.3. The molecule has 0 bridgehead atoms. The third kappa shape index (κ3) is 3.10. The van der Waals surface area contributed by atoms with Gasteiger partial charge in [0, 0.05) is 4.47 Å². The monoisotopic (exact) mass is 358 g/mol. The van der Waals surface area contributed by atoms with Crippen LogP contribution in [0.2, 0.25) is 0 Å². The van der Waals surface area contributed by atoms with Crippen molar-refractivity contribution in [3.63, 3.8) is 0 Å². The van der Waals surface area contributed by atoms with Crippen LogP contribution in [0.5, 0.6) is 0 Å². The maximum atomic E-state index is 12.8. The zero-order valence-electron chi connectivity index (χ0n) is 10.5. The first-order valence-corrected chi connectivity index (χ1v) is 7.91. The van der Waals surface area contributed by atoms with E-state index >= 15 is 0 Å². The standard InChI is InChI=1S/C13H12BrFN2O2S/c1-8-6-9(14)7-12(16)13(8)17-20(18,19)11-4-2-10(15)3-5-11/h2-7,17H,16H2,1H3. The van der Waals surface area contributed by atoms with Gasteiger partial charge in [-0.2, -0.15) is 0 Å². The van der Waals surface area contributed by atoms with Gasteiger partial charge >= 0.3 is 0 Å². The molecule has 0 aliphatic carbocycles. The van der Waals surface area contributed by atoms with Crippen LogP contribution in [-0.2, 0) is 10.0 Å². The van der Waals surface area contributed by atoms with Crippen LogP contribution in [0.4, 0.5) is 15.8 Å². The Kier molecular flexibility index (Phi) is 4.01. The molecule has 0 spiro atoms. The molecule has 7 heteroatoms. The van der Waals surface area contributed by atoms with Gasteiger partial charge in [0.1, 0.15) is 5.82 Å². The number of nitrogen functional groups attached to an aromatic ring is 1. The lowest BCUT2D eigenvalue weighted by atomic mass is 10.2. The Hall–Kier alpha value is -1.60. The molecule has 2 aromatic rings. The Morgan fingerprint density at radius 3 is 2.35 bits per heavy atom. The topological polar surface area (TPSA) is 72.2 Å².